The lowest BCUT2D eigenvalue weighted by atomic mass is 10.1. The quantitative estimate of drug-likeness (QED) is 0.468. The number of benzene rings is 2. The molecule has 156 valence electrons. The third-order valence-electron chi connectivity index (χ3n) is 4.52. The zero-order chi connectivity index (χ0) is 21.7. The molecule has 3 aromatic rings. The van der Waals surface area contributed by atoms with Gasteiger partial charge in [-0.2, -0.15) is 0 Å². The van der Waals surface area contributed by atoms with Gasteiger partial charge in [0.1, 0.15) is 23.8 Å². The Morgan fingerprint density at radius 3 is 2.70 bits per heavy atom. The van der Waals surface area contributed by atoms with Gasteiger partial charge in [0.15, 0.2) is 0 Å². The predicted molar refractivity (Wildman–Crippen MR) is 115 cm³/mol. The number of aliphatic hydroxyl groups excluding tert-OH is 1. The van der Waals surface area contributed by atoms with E-state index in [1.807, 2.05) is 32.1 Å². The minimum absolute atomic E-state index is 0.118. The molecule has 0 saturated heterocycles. The van der Waals surface area contributed by atoms with Crippen molar-refractivity contribution in [2.24, 2.45) is 0 Å². The third kappa shape index (κ3) is 5.09. The van der Waals surface area contributed by atoms with Crippen molar-refractivity contribution < 1.29 is 24.3 Å². The summed E-state index contributed by atoms with van der Waals surface area (Å²) in [5.74, 6) is 0.410. The second-order valence-corrected chi connectivity index (χ2v) is 7.43. The van der Waals surface area contributed by atoms with Crippen LogP contribution in [0.1, 0.15) is 58.3 Å². The van der Waals surface area contributed by atoms with Crippen LogP contribution in [0.25, 0.3) is 12.2 Å². The SMILES string of the molecule is CC(C)c1onc(CO)c1COc1ccc(/C=C/c2cccc(C(=O)O)c2)c(Cl)c1. The molecule has 2 aromatic carbocycles. The van der Waals surface area contributed by atoms with Crippen molar-refractivity contribution in [3.05, 3.63) is 81.2 Å². The zero-order valence-electron chi connectivity index (χ0n) is 16.6. The van der Waals surface area contributed by atoms with E-state index < -0.39 is 5.97 Å². The molecule has 0 atom stereocenters. The largest absolute Gasteiger partial charge is 0.489 e. The molecule has 7 heteroatoms. The number of aromatic carboxylic acids is 1. The molecule has 6 nitrogen and oxygen atoms in total. The molecule has 0 aliphatic carbocycles. The van der Waals surface area contributed by atoms with E-state index in [0.29, 0.717) is 22.2 Å². The Kier molecular flexibility index (Phi) is 6.92. The maximum atomic E-state index is 11.1. The van der Waals surface area contributed by atoms with Crippen LogP contribution >= 0.6 is 11.6 Å². The van der Waals surface area contributed by atoms with Crippen molar-refractivity contribution in [2.45, 2.75) is 33.0 Å². The van der Waals surface area contributed by atoms with Crippen molar-refractivity contribution in [3.63, 3.8) is 0 Å². The van der Waals surface area contributed by atoms with Gasteiger partial charge in [0, 0.05) is 5.92 Å². The number of aromatic nitrogens is 1. The van der Waals surface area contributed by atoms with E-state index in [2.05, 4.69) is 5.16 Å². The summed E-state index contributed by atoms with van der Waals surface area (Å²) in [5, 5.41) is 22.9. The molecule has 0 amide bonds. The van der Waals surface area contributed by atoms with E-state index in [1.54, 1.807) is 36.4 Å². The standard InChI is InChI=1S/C23H22ClNO5/c1-14(2)22-19(21(12-26)25-30-22)13-29-18-9-8-16(20(24)11-18)7-6-15-4-3-5-17(10-15)23(27)28/h3-11,14,26H,12-13H2,1-2H3,(H,27,28)/b7-6+. The lowest BCUT2D eigenvalue weighted by Crippen LogP contribution is -2.02. The smallest absolute Gasteiger partial charge is 0.335 e. The van der Waals surface area contributed by atoms with Crippen molar-refractivity contribution >= 4 is 29.7 Å². The van der Waals surface area contributed by atoms with Crippen molar-refractivity contribution in [1.29, 1.82) is 0 Å². The van der Waals surface area contributed by atoms with Gasteiger partial charge in [-0.3, -0.25) is 0 Å². The highest BCUT2D eigenvalue weighted by Crippen LogP contribution is 2.28. The molecule has 2 N–H and O–H groups in total. The number of halogens is 1. The molecule has 0 aliphatic heterocycles. The first kappa shape index (κ1) is 21.6. The van der Waals surface area contributed by atoms with Crippen LogP contribution in [0.15, 0.2) is 47.0 Å². The molecule has 0 aliphatic rings. The number of ether oxygens (including phenoxy) is 1. The van der Waals surface area contributed by atoms with Gasteiger partial charge in [0.25, 0.3) is 0 Å². The first-order valence-electron chi connectivity index (χ1n) is 9.41. The molecule has 0 spiro atoms. The first-order valence-corrected chi connectivity index (χ1v) is 9.78. The second-order valence-electron chi connectivity index (χ2n) is 7.02. The molecule has 0 saturated carbocycles. The molecule has 0 bridgehead atoms. The van der Waals surface area contributed by atoms with Gasteiger partial charge in [-0.05, 0) is 41.5 Å². The Labute approximate surface area is 179 Å². The second kappa shape index (κ2) is 9.61. The summed E-state index contributed by atoms with van der Waals surface area (Å²) < 4.78 is 11.2. The number of carboxylic acid groups (broad SMARTS) is 1. The predicted octanol–water partition coefficient (Wildman–Crippen LogP) is 5.39. The molecule has 30 heavy (non-hydrogen) atoms. The van der Waals surface area contributed by atoms with Crippen molar-refractivity contribution in [3.8, 4) is 5.75 Å². The van der Waals surface area contributed by atoms with E-state index >= 15 is 0 Å². The van der Waals surface area contributed by atoms with E-state index in [1.165, 1.54) is 0 Å². The summed E-state index contributed by atoms with van der Waals surface area (Å²) in [5.41, 5.74) is 2.97. The molecular formula is C23H22ClNO5. The van der Waals surface area contributed by atoms with Gasteiger partial charge in [-0.25, -0.2) is 4.79 Å². The van der Waals surface area contributed by atoms with Crippen LogP contribution in [0.5, 0.6) is 5.75 Å². The Hall–Kier alpha value is -3.09. The summed E-state index contributed by atoms with van der Waals surface area (Å²) >= 11 is 6.38. The normalized spacial score (nSPS) is 11.4. The van der Waals surface area contributed by atoms with Crippen LogP contribution in [0.2, 0.25) is 5.02 Å². The lowest BCUT2D eigenvalue weighted by Gasteiger charge is -2.09. The van der Waals surface area contributed by atoms with Crippen LogP contribution < -0.4 is 4.74 Å². The molecule has 1 aromatic heterocycles. The Morgan fingerprint density at radius 1 is 1.23 bits per heavy atom. The van der Waals surface area contributed by atoms with Gasteiger partial charge in [-0.1, -0.05) is 54.9 Å². The molecular weight excluding hydrogens is 406 g/mol. The number of hydrogen-bond acceptors (Lipinski definition) is 5. The third-order valence-corrected chi connectivity index (χ3v) is 4.85. The average Bonchev–Trinajstić information content (AvgIpc) is 3.15. The van der Waals surface area contributed by atoms with Gasteiger partial charge >= 0.3 is 5.97 Å². The zero-order valence-corrected chi connectivity index (χ0v) is 17.4. The van der Waals surface area contributed by atoms with Crippen LogP contribution in [-0.2, 0) is 13.2 Å². The summed E-state index contributed by atoms with van der Waals surface area (Å²) in [6.07, 6.45) is 3.61. The maximum Gasteiger partial charge on any atom is 0.335 e. The molecule has 0 fully saturated rings. The lowest BCUT2D eigenvalue weighted by molar-refractivity contribution is 0.0697. The summed E-state index contributed by atoms with van der Waals surface area (Å²) in [7, 11) is 0. The highest BCUT2D eigenvalue weighted by atomic mass is 35.5. The number of carboxylic acids is 1. The Balaban J connectivity index is 1.72. The Morgan fingerprint density at radius 2 is 2.03 bits per heavy atom. The van der Waals surface area contributed by atoms with Crippen molar-refractivity contribution in [2.75, 3.05) is 0 Å². The molecule has 3 rings (SSSR count). The van der Waals surface area contributed by atoms with E-state index in [4.69, 9.17) is 26.0 Å². The van der Waals surface area contributed by atoms with E-state index in [0.717, 1.165) is 16.7 Å². The first-order chi connectivity index (χ1) is 14.4. The number of aliphatic hydroxyl groups is 1. The number of carbonyl (C=O) groups is 1. The van der Waals surface area contributed by atoms with Crippen LogP contribution in [0.3, 0.4) is 0 Å². The summed E-state index contributed by atoms with van der Waals surface area (Å²) in [6.45, 7) is 3.95. The van der Waals surface area contributed by atoms with Gasteiger partial charge in [0.2, 0.25) is 0 Å². The minimum Gasteiger partial charge on any atom is -0.489 e. The minimum atomic E-state index is -0.970. The average molecular weight is 428 g/mol. The van der Waals surface area contributed by atoms with Crippen molar-refractivity contribution in [1.82, 2.24) is 5.16 Å². The van der Waals surface area contributed by atoms with E-state index in [9.17, 15) is 9.90 Å². The number of nitrogens with zero attached hydrogens (tertiary/aromatic N) is 1. The molecule has 1 heterocycles. The van der Waals surface area contributed by atoms with Gasteiger partial charge < -0.3 is 19.5 Å². The van der Waals surface area contributed by atoms with Gasteiger partial charge in [-0.15, -0.1) is 0 Å². The number of rotatable bonds is 8. The fourth-order valence-electron chi connectivity index (χ4n) is 2.94. The maximum absolute atomic E-state index is 11.1. The number of hydrogen-bond donors (Lipinski definition) is 2. The topological polar surface area (TPSA) is 92.8 Å². The monoisotopic (exact) mass is 427 g/mol. The molecule has 0 radical (unpaired) electrons. The summed E-state index contributed by atoms with van der Waals surface area (Å²) in [6, 6.07) is 12.0. The van der Waals surface area contributed by atoms with Gasteiger partial charge in [0.05, 0.1) is 22.8 Å². The van der Waals surface area contributed by atoms with Crippen LogP contribution in [-0.4, -0.2) is 21.3 Å². The fourth-order valence-corrected chi connectivity index (χ4v) is 3.17. The van der Waals surface area contributed by atoms with E-state index in [-0.39, 0.29) is 24.7 Å². The van der Waals surface area contributed by atoms with Crippen LogP contribution in [0, 0.1) is 0 Å². The highest BCUT2D eigenvalue weighted by molar-refractivity contribution is 6.32. The highest BCUT2D eigenvalue weighted by Gasteiger charge is 2.18. The summed E-state index contributed by atoms with van der Waals surface area (Å²) in [4.78, 5) is 11.1. The molecule has 0 unspecified atom stereocenters. The Bertz CT molecular complexity index is 1070. The van der Waals surface area contributed by atoms with Crippen LogP contribution in [0.4, 0.5) is 0 Å². The fraction of sp³-hybridized carbons (Fsp3) is 0.217.